The molecule has 0 spiro atoms. The van der Waals surface area contributed by atoms with Crippen LogP contribution in [0.5, 0.6) is 0 Å². The van der Waals surface area contributed by atoms with Crippen LogP contribution in [-0.4, -0.2) is 118 Å². The van der Waals surface area contributed by atoms with E-state index in [1.54, 1.807) is 0 Å². The number of hydrogen-bond donors (Lipinski definition) is 10. The van der Waals surface area contributed by atoms with Gasteiger partial charge in [0, 0.05) is 11.4 Å². The third-order valence-electron chi connectivity index (χ3n) is 21.2. The van der Waals surface area contributed by atoms with Crippen molar-refractivity contribution >= 4 is 93.9 Å². The second-order valence-corrected chi connectivity index (χ2v) is 37.0. The minimum absolute atomic E-state index is 0.0405. The van der Waals surface area contributed by atoms with E-state index in [-0.39, 0.29) is 81.3 Å². The van der Waals surface area contributed by atoms with Gasteiger partial charge in [-0.1, -0.05) is 90.1 Å². The molecule has 12 N–H and O–H groups in total. The summed E-state index contributed by atoms with van der Waals surface area (Å²) >= 11 is 0. The van der Waals surface area contributed by atoms with Gasteiger partial charge in [0.1, 0.15) is 34.1 Å². The van der Waals surface area contributed by atoms with E-state index in [2.05, 4.69) is 209 Å². The van der Waals surface area contributed by atoms with Gasteiger partial charge in [-0.05, 0) is 303 Å². The molecule has 6 fully saturated rings. The Morgan fingerprint density at radius 3 is 0.940 bits per heavy atom. The summed E-state index contributed by atoms with van der Waals surface area (Å²) in [5.74, 6) is 2.06. The van der Waals surface area contributed by atoms with Gasteiger partial charge in [0.15, 0.2) is 0 Å². The Labute approximate surface area is 687 Å². The van der Waals surface area contributed by atoms with Crippen LogP contribution < -0.4 is 53.2 Å². The van der Waals surface area contributed by atoms with Crippen molar-refractivity contribution in [2.45, 2.75) is 283 Å². The van der Waals surface area contributed by atoms with Crippen LogP contribution in [0.2, 0.25) is 0 Å². The zero-order valence-corrected chi connectivity index (χ0v) is 71.8. The Bertz CT molecular complexity index is 4260. The van der Waals surface area contributed by atoms with E-state index in [0.717, 1.165) is 141 Å². The van der Waals surface area contributed by atoms with Gasteiger partial charge in [-0.15, -0.1) is 0 Å². The molecule has 6 aliphatic heterocycles. The molecule has 6 aliphatic rings. The second-order valence-electron chi connectivity index (χ2n) is 37.0. The molecule has 116 heavy (non-hydrogen) atoms. The normalized spacial score (nSPS) is 20.7. The molecule has 8 heterocycles. The van der Waals surface area contributed by atoms with E-state index in [0.29, 0.717) is 60.7 Å². The van der Waals surface area contributed by atoms with Gasteiger partial charge in [0.25, 0.3) is 25.9 Å². The number of imidazole rings is 2. The lowest BCUT2D eigenvalue weighted by Gasteiger charge is -2.34. The van der Waals surface area contributed by atoms with Crippen molar-refractivity contribution in [3.63, 3.8) is 0 Å². The number of fused-ring (bicyclic) bond motifs is 2. The summed E-state index contributed by atoms with van der Waals surface area (Å²) in [5.41, 5.74) is 28.3. The van der Waals surface area contributed by atoms with Gasteiger partial charge in [-0.2, -0.15) is 0 Å². The van der Waals surface area contributed by atoms with Crippen LogP contribution in [0.15, 0.2) is 121 Å². The first-order valence-electron chi connectivity index (χ1n) is 41.3. The molecule has 6 saturated heterocycles. The van der Waals surface area contributed by atoms with Gasteiger partial charge in [-0.3, -0.25) is 28.8 Å². The number of nitrogen functional groups attached to an aromatic ring is 2. The number of ether oxygens (including phenoxy) is 4. The van der Waals surface area contributed by atoms with Crippen molar-refractivity contribution in [2.24, 2.45) is 0 Å². The molecule has 8 atom stereocenters. The number of benzene rings is 6. The number of H-pyrrole nitrogens is 2. The van der Waals surface area contributed by atoms with Crippen molar-refractivity contribution in [1.29, 1.82) is 0 Å². The van der Waals surface area contributed by atoms with E-state index >= 15 is 0 Å². The first-order chi connectivity index (χ1) is 54.7. The number of aromatic nitrogens is 4. The molecule has 6 unspecified atom stereocenters. The molecular formula is C92H130N14O10. The minimum atomic E-state index is -0.318. The lowest BCUT2D eigenvalue weighted by atomic mass is 9.87. The Hall–Kier alpha value is -9.88. The predicted molar refractivity (Wildman–Crippen MR) is 465 cm³/mol. The molecule has 0 saturated carbocycles. The van der Waals surface area contributed by atoms with Crippen molar-refractivity contribution in [3.05, 3.63) is 166 Å². The first kappa shape index (κ1) is 90.0. The summed E-state index contributed by atoms with van der Waals surface area (Å²) in [6.07, 6.45) is 12.4. The van der Waals surface area contributed by atoms with Crippen LogP contribution in [0.4, 0.5) is 34.1 Å². The Balaban J connectivity index is 0.000000200. The van der Waals surface area contributed by atoms with E-state index in [9.17, 15) is 28.8 Å². The maximum atomic E-state index is 13.0. The first-order valence-corrected chi connectivity index (χ1v) is 41.3. The number of hydrogen-bond acceptors (Lipinski definition) is 20. The topological polar surface area (TPSA) is 327 Å². The predicted octanol–water partition coefficient (Wildman–Crippen LogP) is 17.1. The quantitative estimate of drug-likeness (QED) is 0.0244. The lowest BCUT2D eigenvalue weighted by molar-refractivity contribution is -0.139. The maximum absolute atomic E-state index is 13.0. The zero-order chi connectivity index (χ0) is 84.5. The summed E-state index contributed by atoms with van der Waals surface area (Å²) in [5, 5.41) is 19.9. The van der Waals surface area contributed by atoms with Crippen molar-refractivity contribution in [1.82, 2.24) is 41.2 Å². The van der Waals surface area contributed by atoms with Crippen LogP contribution in [0.3, 0.4) is 0 Å². The number of carbonyl (C=O) groups excluding carboxylic acids is 6. The molecule has 0 aliphatic carbocycles. The summed E-state index contributed by atoms with van der Waals surface area (Å²) in [6, 6.07) is 44.9. The van der Waals surface area contributed by atoms with Gasteiger partial charge >= 0.3 is 0 Å². The Morgan fingerprint density at radius 2 is 0.681 bits per heavy atom. The highest BCUT2D eigenvalue weighted by atomic mass is 16.5. The average Bonchev–Trinajstić information content (AvgIpc) is 1.62. The van der Waals surface area contributed by atoms with Crippen molar-refractivity contribution < 1.29 is 47.7 Å². The number of nitrogens with two attached hydrogens (primary N) is 2. The van der Waals surface area contributed by atoms with Gasteiger partial charge in [0.2, 0.25) is 11.8 Å². The number of aromatic amines is 2. The zero-order valence-electron chi connectivity index (χ0n) is 71.8. The molecule has 0 radical (unpaired) electrons. The van der Waals surface area contributed by atoms with E-state index in [1.165, 1.54) is 40.8 Å². The molecule has 8 aromatic rings. The standard InChI is InChI=1S/C36H47N7O2.C36H43N7.4C5H10O2/c1-36(2,3)24-10-12-25(13-11-24)43-32(22-8-14-26(37)30(20-22)41-34(44)28-6-4-18-39-28)16-17-33(43)23-9-15-27(38)31(21-23)42-35(45)29-7-5-19-40-29;1-36(2,3)24-10-12-25(13-11-24)43-32(22-8-14-26-30(20-22)41-34(39-26)28-6-4-18-37-28)16-17-33(43)23-9-15-27-31(21-23)42-35(40-27)29-7-5-19-38-29;4*1-5(2,3)7-4-6/h8-15,20-21,28-29,32-33,39-40H,4-7,16-19,37-38H2,1-3H3,(H,41,44)(H,42,45);8-15,20-21,28-29,32-33,37-38H,4-7,16-19H2,1-3H3,(H,39,41)(H,40,42);4*4H,1-3H3/t;28-,29-,32?,33?;;;;/m.0..../s1. The summed E-state index contributed by atoms with van der Waals surface area (Å²) < 4.78 is 18.2. The molecule has 2 amide bonds. The number of rotatable bonds is 16. The van der Waals surface area contributed by atoms with Crippen LogP contribution in [-0.2, 0) is 58.5 Å². The van der Waals surface area contributed by atoms with Crippen LogP contribution >= 0.6 is 0 Å². The van der Waals surface area contributed by atoms with Gasteiger partial charge < -0.3 is 82.1 Å². The molecule has 6 aromatic carbocycles. The fourth-order valence-electron chi connectivity index (χ4n) is 15.2. The highest BCUT2D eigenvalue weighted by molar-refractivity contribution is 5.98. The number of anilines is 6. The fraction of sp³-hybridized carbons (Fsp3) is 0.522. The van der Waals surface area contributed by atoms with Crippen LogP contribution in [0.1, 0.15) is 283 Å². The number of amides is 2. The smallest absolute Gasteiger partial charge is 0.293 e. The molecule has 628 valence electrons. The largest absolute Gasteiger partial charge is 0.462 e. The molecule has 14 rings (SSSR count). The maximum Gasteiger partial charge on any atom is 0.293 e. The molecule has 24 heteroatoms. The Kier molecular flexibility index (Phi) is 30.6. The SMILES string of the molecule is CC(C)(C)OC=O.CC(C)(C)OC=O.CC(C)(C)OC=O.CC(C)(C)OC=O.CC(C)(C)c1ccc(N2C(c3ccc(N)c(NC(=O)C4CCCN4)c3)CCC2c2ccc(N)c(NC(=O)C3CCCN3)c2)cc1.CC(C)(C)c1ccc(N2C(c3ccc4nc([C@@H]5CCCN5)[nH]c4c3)CCC2c2ccc3nc([C@@H]4CCCN4)[nH]c3c2)cc1. The average molecular weight is 1590 g/mol. The molecular weight excluding hydrogens is 1460 g/mol. The van der Waals surface area contributed by atoms with Crippen molar-refractivity contribution in [2.75, 3.05) is 58.1 Å². The summed E-state index contributed by atoms with van der Waals surface area (Å²) in [6.45, 7) is 41.1. The van der Waals surface area contributed by atoms with E-state index in [4.69, 9.17) is 21.4 Å². The summed E-state index contributed by atoms with van der Waals surface area (Å²) in [7, 11) is 0. The highest BCUT2D eigenvalue weighted by Gasteiger charge is 2.39. The molecule has 0 bridgehead atoms. The van der Waals surface area contributed by atoms with Crippen molar-refractivity contribution in [3.8, 4) is 0 Å². The second kappa shape index (κ2) is 39.4. The number of nitrogens with one attached hydrogen (secondary N) is 8. The fourth-order valence-corrected chi connectivity index (χ4v) is 15.2. The van der Waals surface area contributed by atoms with Gasteiger partial charge in [0.05, 0.1) is 93.2 Å². The van der Waals surface area contributed by atoms with Gasteiger partial charge in [-0.25, -0.2) is 9.97 Å². The van der Waals surface area contributed by atoms with Crippen LogP contribution in [0.25, 0.3) is 22.1 Å². The Morgan fingerprint density at radius 1 is 0.388 bits per heavy atom. The van der Waals surface area contributed by atoms with E-state index < -0.39 is 0 Å². The minimum Gasteiger partial charge on any atom is -0.462 e. The summed E-state index contributed by atoms with van der Waals surface area (Å²) in [4.78, 5) is 86.7. The number of nitrogens with zero attached hydrogens (tertiary/aromatic N) is 4. The number of carbonyl (C=O) groups is 6. The molecule has 24 nitrogen and oxygen atoms in total. The van der Waals surface area contributed by atoms with E-state index in [1.807, 2.05) is 107 Å². The lowest BCUT2D eigenvalue weighted by Crippen LogP contribution is -2.35. The monoisotopic (exact) mass is 1590 g/mol. The van der Waals surface area contributed by atoms with Crippen LogP contribution in [0, 0.1) is 0 Å². The molecule has 2 aromatic heterocycles. The highest BCUT2D eigenvalue weighted by Crippen LogP contribution is 2.51. The third-order valence-corrected chi connectivity index (χ3v) is 21.2. The third kappa shape index (κ3) is 25.6.